The van der Waals surface area contributed by atoms with Gasteiger partial charge in [-0.2, -0.15) is 0 Å². The van der Waals surface area contributed by atoms with E-state index in [9.17, 15) is 9.18 Å². The van der Waals surface area contributed by atoms with E-state index in [1.165, 1.54) is 17.8 Å². The highest BCUT2D eigenvalue weighted by atomic mass is 32.2. The number of halogens is 1. The lowest BCUT2D eigenvalue weighted by Crippen LogP contribution is -2.27. The number of amides is 1. The molecule has 2 heterocycles. The summed E-state index contributed by atoms with van der Waals surface area (Å²) in [6, 6.07) is 19.9. The largest absolute Gasteiger partial charge is 0.348 e. The summed E-state index contributed by atoms with van der Waals surface area (Å²) in [6.07, 6.45) is 0. The van der Waals surface area contributed by atoms with Gasteiger partial charge in [0.15, 0.2) is 11.0 Å². The Balaban J connectivity index is 1.58. The lowest BCUT2D eigenvalue weighted by atomic mass is 10.2. The van der Waals surface area contributed by atoms with Crippen LogP contribution in [0.15, 0.2) is 77.3 Å². The Hall–Kier alpha value is -2.97. The molecule has 0 spiro atoms. The van der Waals surface area contributed by atoms with Gasteiger partial charge in [0.2, 0.25) is 5.91 Å². The molecule has 1 N–H and O–H groups in total. The minimum atomic E-state index is -0.374. The Bertz CT molecular complexity index is 1130. The molecule has 2 aromatic heterocycles. The fraction of sp³-hybridized carbons (Fsp3) is 0.136. The molecule has 4 rings (SSSR count). The maximum atomic E-state index is 14.4. The van der Waals surface area contributed by atoms with Gasteiger partial charge in [0.1, 0.15) is 5.82 Å². The molecular weight excluding hydrogens is 419 g/mol. The third-order valence-electron chi connectivity index (χ3n) is 4.44. The summed E-state index contributed by atoms with van der Waals surface area (Å²) in [4.78, 5) is 13.6. The average molecular weight is 439 g/mol. The summed E-state index contributed by atoms with van der Waals surface area (Å²) in [5.74, 6) is 0.101. The molecule has 8 heteroatoms. The lowest BCUT2D eigenvalue weighted by Gasteiger charge is -2.13. The van der Waals surface area contributed by atoms with Crippen molar-refractivity contribution in [1.82, 2.24) is 20.1 Å². The van der Waals surface area contributed by atoms with Crippen LogP contribution in [0, 0.1) is 5.82 Å². The van der Waals surface area contributed by atoms with Crippen molar-refractivity contribution in [2.24, 2.45) is 0 Å². The van der Waals surface area contributed by atoms with Crippen molar-refractivity contribution in [3.05, 3.63) is 82.8 Å². The van der Waals surface area contributed by atoms with Crippen molar-refractivity contribution in [3.8, 4) is 17.1 Å². The molecule has 0 aliphatic carbocycles. The number of thioether (sulfide) groups is 1. The lowest BCUT2D eigenvalue weighted by molar-refractivity contribution is -0.119. The summed E-state index contributed by atoms with van der Waals surface area (Å²) in [7, 11) is 0. The molecule has 5 nitrogen and oxygen atoms in total. The molecule has 0 aliphatic heterocycles. The number of hydrogen-bond donors (Lipinski definition) is 1. The molecule has 30 heavy (non-hydrogen) atoms. The Labute approximate surface area is 182 Å². The summed E-state index contributed by atoms with van der Waals surface area (Å²) >= 11 is 2.87. The highest BCUT2D eigenvalue weighted by Crippen LogP contribution is 2.29. The topological polar surface area (TPSA) is 59.8 Å². The first-order valence-corrected chi connectivity index (χ1v) is 11.2. The predicted molar refractivity (Wildman–Crippen MR) is 118 cm³/mol. The van der Waals surface area contributed by atoms with E-state index in [-0.39, 0.29) is 23.5 Å². The van der Waals surface area contributed by atoms with E-state index >= 15 is 0 Å². The summed E-state index contributed by atoms with van der Waals surface area (Å²) in [5.41, 5.74) is 1.16. The van der Waals surface area contributed by atoms with Crippen molar-refractivity contribution in [2.45, 2.75) is 18.1 Å². The molecule has 1 atom stereocenters. The monoisotopic (exact) mass is 438 g/mol. The number of rotatable bonds is 7. The predicted octanol–water partition coefficient (Wildman–Crippen LogP) is 5.10. The smallest absolute Gasteiger partial charge is 0.230 e. The molecule has 0 saturated carbocycles. The van der Waals surface area contributed by atoms with E-state index in [4.69, 9.17) is 0 Å². The number of para-hydroxylation sites is 1. The zero-order valence-electron chi connectivity index (χ0n) is 16.2. The minimum absolute atomic E-state index is 0.0564. The Morgan fingerprint density at radius 1 is 1.10 bits per heavy atom. The third-order valence-corrected chi connectivity index (χ3v) is 6.43. The number of benzene rings is 2. The van der Waals surface area contributed by atoms with Gasteiger partial charge in [-0.05, 0) is 42.6 Å². The van der Waals surface area contributed by atoms with Crippen LogP contribution in [0.3, 0.4) is 0 Å². The normalized spacial score (nSPS) is 11.9. The van der Waals surface area contributed by atoms with Crippen LogP contribution >= 0.6 is 23.1 Å². The Morgan fingerprint density at radius 2 is 1.87 bits per heavy atom. The second kappa shape index (κ2) is 9.23. The van der Waals surface area contributed by atoms with Crippen molar-refractivity contribution in [2.75, 3.05) is 5.75 Å². The van der Waals surface area contributed by atoms with Gasteiger partial charge in [-0.25, -0.2) is 4.39 Å². The average Bonchev–Trinajstić information content (AvgIpc) is 3.43. The Kier molecular flexibility index (Phi) is 6.25. The first kappa shape index (κ1) is 20.3. The molecule has 0 aliphatic rings. The molecular formula is C22H19FN4OS2. The summed E-state index contributed by atoms with van der Waals surface area (Å²) < 4.78 is 16.2. The van der Waals surface area contributed by atoms with Crippen LogP contribution in [0.25, 0.3) is 17.1 Å². The molecule has 0 radical (unpaired) electrons. The number of hydrogen-bond acceptors (Lipinski definition) is 5. The number of nitrogens with one attached hydrogen (secondary N) is 1. The van der Waals surface area contributed by atoms with Crippen molar-refractivity contribution in [1.29, 1.82) is 0 Å². The van der Waals surface area contributed by atoms with Gasteiger partial charge in [-0.1, -0.05) is 48.2 Å². The van der Waals surface area contributed by atoms with E-state index in [1.54, 1.807) is 34.1 Å². The van der Waals surface area contributed by atoms with Gasteiger partial charge >= 0.3 is 0 Å². The van der Waals surface area contributed by atoms with Gasteiger partial charge < -0.3 is 5.32 Å². The first-order chi connectivity index (χ1) is 14.6. The van der Waals surface area contributed by atoms with Crippen LogP contribution in [0.2, 0.25) is 0 Å². The number of carbonyl (C=O) groups is 1. The fourth-order valence-corrected chi connectivity index (χ4v) is 4.51. The molecule has 2 aromatic carbocycles. The summed E-state index contributed by atoms with van der Waals surface area (Å²) in [6.45, 7) is 1.96. The molecule has 0 saturated heterocycles. The van der Waals surface area contributed by atoms with Gasteiger partial charge in [0.25, 0.3) is 0 Å². The molecule has 0 bridgehead atoms. The highest BCUT2D eigenvalue weighted by Gasteiger charge is 2.20. The fourth-order valence-electron chi connectivity index (χ4n) is 3.01. The van der Waals surface area contributed by atoms with Crippen LogP contribution in [0.5, 0.6) is 0 Å². The van der Waals surface area contributed by atoms with E-state index in [0.717, 1.165) is 10.6 Å². The van der Waals surface area contributed by atoms with E-state index in [0.29, 0.717) is 16.5 Å². The zero-order valence-corrected chi connectivity index (χ0v) is 17.8. The Morgan fingerprint density at radius 3 is 2.60 bits per heavy atom. The SMILES string of the molecule is CC(NC(=O)CSc1nnc(-c2ccccc2F)n1-c1ccccc1)c1cccs1. The van der Waals surface area contributed by atoms with E-state index in [2.05, 4.69) is 15.5 Å². The van der Waals surface area contributed by atoms with Crippen LogP contribution in [-0.2, 0) is 4.79 Å². The standard InChI is InChI=1S/C22H19FN4OS2/c1-15(19-12-7-13-29-19)24-20(28)14-30-22-26-25-21(17-10-5-6-11-18(17)23)27(22)16-8-3-2-4-9-16/h2-13,15H,14H2,1H3,(H,24,28). The van der Waals surface area contributed by atoms with Crippen LogP contribution in [0.4, 0.5) is 4.39 Å². The maximum Gasteiger partial charge on any atom is 0.230 e. The first-order valence-electron chi connectivity index (χ1n) is 9.35. The highest BCUT2D eigenvalue weighted by molar-refractivity contribution is 7.99. The van der Waals surface area contributed by atoms with Gasteiger partial charge in [-0.15, -0.1) is 21.5 Å². The van der Waals surface area contributed by atoms with Crippen molar-refractivity contribution >= 4 is 29.0 Å². The quantitative estimate of drug-likeness (QED) is 0.408. The molecule has 0 fully saturated rings. The summed E-state index contributed by atoms with van der Waals surface area (Å²) in [5, 5.41) is 14.0. The number of aromatic nitrogens is 3. The molecule has 152 valence electrons. The van der Waals surface area contributed by atoms with Crippen LogP contribution in [-0.4, -0.2) is 26.4 Å². The van der Waals surface area contributed by atoms with Crippen LogP contribution < -0.4 is 5.32 Å². The third kappa shape index (κ3) is 4.44. The van der Waals surface area contributed by atoms with Gasteiger partial charge in [-0.3, -0.25) is 9.36 Å². The molecule has 1 unspecified atom stereocenters. The minimum Gasteiger partial charge on any atom is -0.348 e. The maximum absolute atomic E-state index is 14.4. The number of carbonyl (C=O) groups excluding carboxylic acids is 1. The van der Waals surface area contributed by atoms with Crippen molar-refractivity contribution in [3.63, 3.8) is 0 Å². The zero-order chi connectivity index (χ0) is 20.9. The van der Waals surface area contributed by atoms with Gasteiger partial charge in [0, 0.05) is 10.6 Å². The van der Waals surface area contributed by atoms with Crippen LogP contribution in [0.1, 0.15) is 17.8 Å². The van der Waals surface area contributed by atoms with Gasteiger partial charge in [0.05, 0.1) is 17.4 Å². The number of thiophene rings is 1. The number of nitrogens with zero attached hydrogens (tertiary/aromatic N) is 3. The van der Waals surface area contributed by atoms with E-state index < -0.39 is 0 Å². The molecule has 1 amide bonds. The molecule has 4 aromatic rings. The second-order valence-corrected chi connectivity index (χ2v) is 8.47. The van der Waals surface area contributed by atoms with E-state index in [1.807, 2.05) is 54.8 Å². The second-order valence-electron chi connectivity index (χ2n) is 6.55. The van der Waals surface area contributed by atoms with Crippen molar-refractivity contribution < 1.29 is 9.18 Å².